The van der Waals surface area contributed by atoms with Crippen molar-refractivity contribution in [3.8, 4) is 5.75 Å². The van der Waals surface area contributed by atoms with Crippen molar-refractivity contribution in [2.24, 2.45) is 16.8 Å². The maximum Gasteiger partial charge on any atom is 0.164 e. The number of hydrazine groups is 1. The van der Waals surface area contributed by atoms with Gasteiger partial charge in [-0.3, -0.25) is 9.91 Å². The number of ether oxygens (including phenoxy) is 1. The van der Waals surface area contributed by atoms with Crippen molar-refractivity contribution in [2.75, 3.05) is 20.2 Å². The summed E-state index contributed by atoms with van der Waals surface area (Å²) in [7, 11) is 1.70. The molecule has 1 aromatic rings. The van der Waals surface area contributed by atoms with E-state index in [0.717, 1.165) is 31.7 Å². The lowest BCUT2D eigenvalue weighted by Crippen LogP contribution is -2.55. The monoisotopic (exact) mass is 393 g/mol. The van der Waals surface area contributed by atoms with Crippen LogP contribution in [-0.2, 0) is 0 Å². The van der Waals surface area contributed by atoms with E-state index >= 15 is 0 Å². The quantitative estimate of drug-likeness (QED) is 0.113. The first-order valence-corrected chi connectivity index (χ1v) is 9.68. The van der Waals surface area contributed by atoms with Crippen LogP contribution in [0.5, 0.6) is 5.75 Å². The number of aliphatic hydroxyl groups is 1. The number of likely N-dealkylation sites (tertiary alicyclic amines) is 1. The number of rotatable bonds is 6. The van der Waals surface area contributed by atoms with Crippen LogP contribution in [0, 0.1) is 0 Å². The lowest BCUT2D eigenvalue weighted by Gasteiger charge is -2.40. The van der Waals surface area contributed by atoms with Gasteiger partial charge in [0, 0.05) is 0 Å². The maximum absolute atomic E-state index is 10.5. The van der Waals surface area contributed by atoms with Crippen LogP contribution in [0.25, 0.3) is 0 Å². The van der Waals surface area contributed by atoms with Crippen molar-refractivity contribution in [1.29, 1.82) is 0 Å². The van der Waals surface area contributed by atoms with E-state index in [1.807, 2.05) is 25.1 Å². The molecule has 0 bridgehead atoms. The van der Waals surface area contributed by atoms with Gasteiger partial charge in [0.1, 0.15) is 17.6 Å². The van der Waals surface area contributed by atoms with E-state index in [9.17, 15) is 5.11 Å². The van der Waals surface area contributed by atoms with Crippen molar-refractivity contribution < 1.29 is 9.84 Å². The van der Waals surface area contributed by atoms with Crippen LogP contribution in [0.4, 0.5) is 0 Å². The molecule has 0 amide bonds. The molecule has 5 N–H and O–H groups in total. The predicted octanol–water partition coefficient (Wildman–Crippen LogP) is 2.43. The van der Waals surface area contributed by atoms with E-state index in [1.165, 1.54) is 10.6 Å². The summed E-state index contributed by atoms with van der Waals surface area (Å²) in [5.41, 5.74) is 1.23. The highest BCUT2D eigenvalue weighted by molar-refractivity contribution is 7.80. The standard InChI is InChI=1S/C19H31N5O2S/c1-4-16(25)18(19(22-20)24(21)13(2)27)23-11-9-14(10-12-23)15-7-5-6-8-17(15)26-3/h4-8,13-14,18,25,27H,9-12,20-21H2,1-3H3/b16-4-,22-19-. The Bertz CT molecular complexity index is 672. The summed E-state index contributed by atoms with van der Waals surface area (Å²) in [5.74, 6) is 13.6. The second-order valence-electron chi connectivity index (χ2n) is 6.69. The number of methoxy groups -OCH3 is 1. The SMILES string of the molecule is C/C=C(\O)C(/C(=N/N)N(N)C(C)S)N1CCC(c2ccccc2OC)CC1. The molecule has 1 fully saturated rings. The first-order chi connectivity index (χ1) is 12.9. The number of hydrogen-bond donors (Lipinski definition) is 4. The van der Waals surface area contributed by atoms with Gasteiger partial charge in [-0.25, -0.2) is 5.84 Å². The van der Waals surface area contributed by atoms with Crippen LogP contribution < -0.4 is 16.4 Å². The molecule has 0 saturated carbocycles. The summed E-state index contributed by atoms with van der Waals surface area (Å²) >= 11 is 4.36. The van der Waals surface area contributed by atoms with Gasteiger partial charge in [0.25, 0.3) is 0 Å². The molecule has 1 saturated heterocycles. The first kappa shape index (κ1) is 21.4. The van der Waals surface area contributed by atoms with Crippen molar-refractivity contribution in [3.63, 3.8) is 0 Å². The Morgan fingerprint density at radius 2 is 2.04 bits per heavy atom. The van der Waals surface area contributed by atoms with E-state index in [4.69, 9.17) is 16.4 Å². The van der Waals surface area contributed by atoms with E-state index < -0.39 is 6.04 Å². The summed E-state index contributed by atoms with van der Waals surface area (Å²) < 4.78 is 5.51. The molecular weight excluding hydrogens is 362 g/mol. The summed E-state index contributed by atoms with van der Waals surface area (Å²) in [6.45, 7) is 5.16. The molecule has 2 unspecified atom stereocenters. The van der Waals surface area contributed by atoms with Crippen molar-refractivity contribution in [1.82, 2.24) is 9.91 Å². The van der Waals surface area contributed by atoms with Gasteiger partial charge < -0.3 is 15.7 Å². The molecular formula is C19H31N5O2S. The number of nitrogens with two attached hydrogens (primary N) is 2. The molecule has 0 aliphatic carbocycles. The molecule has 7 nitrogen and oxygen atoms in total. The van der Waals surface area contributed by atoms with Crippen LogP contribution >= 0.6 is 12.6 Å². The first-order valence-electron chi connectivity index (χ1n) is 9.16. The number of thiol groups is 1. The maximum atomic E-state index is 10.5. The summed E-state index contributed by atoms with van der Waals surface area (Å²) in [6, 6.07) is 7.65. The number of allylic oxidation sites excluding steroid dienone is 1. The van der Waals surface area contributed by atoms with Crippen LogP contribution in [0.15, 0.2) is 41.2 Å². The fraction of sp³-hybridized carbons (Fsp3) is 0.526. The summed E-state index contributed by atoms with van der Waals surface area (Å²) in [6.07, 6.45) is 3.53. The van der Waals surface area contributed by atoms with E-state index in [0.29, 0.717) is 11.8 Å². The Morgan fingerprint density at radius 3 is 2.56 bits per heavy atom. The summed E-state index contributed by atoms with van der Waals surface area (Å²) in [4.78, 5) is 2.16. The number of hydrogen-bond acceptors (Lipinski definition) is 7. The van der Waals surface area contributed by atoms with Gasteiger partial charge >= 0.3 is 0 Å². The van der Waals surface area contributed by atoms with Crippen LogP contribution in [-0.4, -0.2) is 52.5 Å². The lowest BCUT2D eigenvalue weighted by molar-refractivity contribution is 0.162. The molecule has 1 aromatic carbocycles. The number of nitrogens with zero attached hydrogens (tertiary/aromatic N) is 3. The zero-order valence-electron chi connectivity index (χ0n) is 16.2. The number of aliphatic hydroxyl groups excluding tert-OH is 1. The smallest absolute Gasteiger partial charge is 0.164 e. The topological polar surface area (TPSA) is 100 Å². The van der Waals surface area contributed by atoms with Crippen molar-refractivity contribution >= 4 is 18.5 Å². The average Bonchev–Trinajstić information content (AvgIpc) is 2.71. The van der Waals surface area contributed by atoms with Gasteiger partial charge in [-0.2, -0.15) is 17.7 Å². The number of para-hydroxylation sites is 1. The Kier molecular flexibility index (Phi) is 7.82. The van der Waals surface area contributed by atoms with E-state index in [-0.39, 0.29) is 11.1 Å². The Hall–Kier alpha value is -1.90. The average molecular weight is 394 g/mol. The van der Waals surface area contributed by atoms with Gasteiger partial charge in [-0.1, -0.05) is 18.2 Å². The van der Waals surface area contributed by atoms with Crippen LogP contribution in [0.1, 0.15) is 38.2 Å². The zero-order valence-corrected chi connectivity index (χ0v) is 17.1. The Labute approximate surface area is 167 Å². The third-order valence-electron chi connectivity index (χ3n) is 5.09. The highest BCUT2D eigenvalue weighted by Gasteiger charge is 2.34. The minimum atomic E-state index is -0.488. The molecule has 2 atom stereocenters. The number of piperidine rings is 1. The Balaban J connectivity index is 2.19. The van der Waals surface area contributed by atoms with Crippen molar-refractivity contribution in [3.05, 3.63) is 41.7 Å². The third kappa shape index (κ3) is 4.88. The highest BCUT2D eigenvalue weighted by atomic mass is 32.1. The number of benzene rings is 1. The van der Waals surface area contributed by atoms with E-state index in [1.54, 1.807) is 20.1 Å². The van der Waals surface area contributed by atoms with Crippen LogP contribution in [0.3, 0.4) is 0 Å². The summed E-state index contributed by atoms with van der Waals surface area (Å²) in [5, 5.41) is 15.5. The molecule has 0 aromatic heterocycles. The molecule has 27 heavy (non-hydrogen) atoms. The Morgan fingerprint density at radius 1 is 1.41 bits per heavy atom. The third-order valence-corrected chi connectivity index (χ3v) is 5.34. The number of hydrazone groups is 1. The van der Waals surface area contributed by atoms with Gasteiger partial charge in [-0.05, 0) is 63.4 Å². The molecule has 8 heteroatoms. The van der Waals surface area contributed by atoms with E-state index in [2.05, 4.69) is 28.7 Å². The minimum Gasteiger partial charge on any atom is -0.510 e. The molecule has 2 rings (SSSR count). The fourth-order valence-corrected chi connectivity index (χ4v) is 3.70. The molecule has 1 heterocycles. The molecule has 150 valence electrons. The highest BCUT2D eigenvalue weighted by Crippen LogP contribution is 2.35. The molecule has 1 aliphatic rings. The van der Waals surface area contributed by atoms with Crippen LogP contribution in [0.2, 0.25) is 0 Å². The number of amidine groups is 1. The van der Waals surface area contributed by atoms with Crippen molar-refractivity contribution in [2.45, 2.75) is 44.0 Å². The molecule has 0 spiro atoms. The van der Waals surface area contributed by atoms with Gasteiger partial charge in [0.2, 0.25) is 0 Å². The fourth-order valence-electron chi connectivity index (χ4n) is 3.58. The normalized spacial score (nSPS) is 19.6. The minimum absolute atomic E-state index is 0.180. The molecule has 0 radical (unpaired) electrons. The second kappa shape index (κ2) is 9.87. The second-order valence-corrected chi connectivity index (χ2v) is 7.44. The zero-order chi connectivity index (χ0) is 20.0. The largest absolute Gasteiger partial charge is 0.510 e. The lowest BCUT2D eigenvalue weighted by atomic mass is 9.88. The predicted molar refractivity (Wildman–Crippen MR) is 113 cm³/mol. The molecule has 1 aliphatic heterocycles. The van der Waals surface area contributed by atoms with Gasteiger partial charge in [0.15, 0.2) is 5.84 Å². The van der Waals surface area contributed by atoms with Gasteiger partial charge in [0.05, 0.1) is 12.5 Å². The van der Waals surface area contributed by atoms with Gasteiger partial charge in [-0.15, -0.1) is 0 Å².